The third kappa shape index (κ3) is 9.55. The molecule has 3 aliphatic heterocycles. The molecule has 0 saturated carbocycles. The molecule has 0 unspecified atom stereocenters. The van der Waals surface area contributed by atoms with Crippen molar-refractivity contribution in [3.05, 3.63) is 34.4 Å². The quantitative estimate of drug-likeness (QED) is 0.141. The Bertz CT molecular complexity index is 1800. The molecule has 58 heavy (non-hydrogen) atoms. The summed E-state index contributed by atoms with van der Waals surface area (Å²) >= 11 is 0. The van der Waals surface area contributed by atoms with Gasteiger partial charge in [-0.1, -0.05) is 27.7 Å². The molecule has 4 rings (SSSR count). The fourth-order valence-corrected chi connectivity index (χ4v) is 9.86. The number of rotatable bonds is 11. The Morgan fingerprint density at radius 3 is 2.21 bits per heavy atom. The lowest BCUT2D eigenvalue weighted by molar-refractivity contribution is -0.384. The van der Waals surface area contributed by atoms with Crippen LogP contribution in [-0.4, -0.2) is 140 Å². The summed E-state index contributed by atoms with van der Waals surface area (Å²) in [6.45, 7) is 12.5. The number of ether oxygens (including phenoxy) is 5. The standard InChI is InChI=1S/C39H60N4O14S/c1-12-29-39(8)33(42(37(48)57-39)18-17-40-58(51,52)27-15-13-26(14-16-27)43(49)50)23(4)30(44)21(2)20-38(7,53-11)34(24(5)31(45)25(6)35(47)55-29)56-36-32(46)28(41(9)10)19-22(3)54-36/h13-16,21-25,28-29,32-34,36,40,46H,12,17-20H2,1-11H3/t21-,22-,23+,24-,25-,28+,29-,32-,33+,34-,36+,38-,39-/m1/s1. The maximum atomic E-state index is 14.6. The number of nitrogens with one attached hydrogen (secondary N) is 1. The fourth-order valence-electron chi connectivity index (χ4n) is 8.84. The number of carbonyl (C=O) groups is 4. The Labute approximate surface area is 340 Å². The molecule has 3 heterocycles. The van der Waals surface area contributed by atoms with Gasteiger partial charge in [-0.15, -0.1) is 0 Å². The van der Waals surface area contributed by atoms with Gasteiger partial charge in [0.15, 0.2) is 17.7 Å². The largest absolute Gasteiger partial charge is 0.458 e. The van der Waals surface area contributed by atoms with Crippen LogP contribution in [-0.2, 0) is 48.1 Å². The lowest BCUT2D eigenvalue weighted by atomic mass is 9.73. The van der Waals surface area contributed by atoms with Crippen molar-refractivity contribution in [1.82, 2.24) is 14.5 Å². The summed E-state index contributed by atoms with van der Waals surface area (Å²) in [7, 11) is 0.894. The highest BCUT2D eigenvalue weighted by Crippen LogP contribution is 2.43. The first kappa shape index (κ1) is 47.1. The number of methoxy groups -OCH3 is 1. The van der Waals surface area contributed by atoms with E-state index in [1.54, 1.807) is 41.5 Å². The molecule has 18 nitrogen and oxygen atoms in total. The highest BCUT2D eigenvalue weighted by Gasteiger charge is 2.60. The smallest absolute Gasteiger partial charge is 0.410 e. The number of Topliss-reactive ketones (excluding diaryl/α,β-unsaturated/α-hetero) is 2. The van der Waals surface area contributed by atoms with Crippen molar-refractivity contribution in [2.75, 3.05) is 34.3 Å². The minimum atomic E-state index is -4.19. The number of esters is 1. The number of benzene rings is 1. The molecule has 3 fully saturated rings. The van der Waals surface area contributed by atoms with Crippen LogP contribution in [0.1, 0.15) is 74.7 Å². The number of fused-ring (bicyclic) bond motifs is 1. The van der Waals surface area contributed by atoms with Crippen molar-refractivity contribution in [3.8, 4) is 0 Å². The first-order valence-electron chi connectivity index (χ1n) is 19.7. The average Bonchev–Trinajstić information content (AvgIpc) is 3.43. The number of amides is 1. The van der Waals surface area contributed by atoms with Crippen molar-refractivity contribution < 1.29 is 61.3 Å². The van der Waals surface area contributed by atoms with Crippen LogP contribution in [0.15, 0.2) is 29.2 Å². The van der Waals surface area contributed by atoms with Crippen LogP contribution in [0.5, 0.6) is 0 Å². The number of nitro benzene ring substituents is 1. The second-order valence-corrected chi connectivity index (χ2v) is 18.3. The topological polar surface area (TPSA) is 230 Å². The van der Waals surface area contributed by atoms with Gasteiger partial charge in [-0.3, -0.25) is 29.4 Å². The van der Waals surface area contributed by atoms with E-state index in [4.69, 9.17) is 23.7 Å². The van der Waals surface area contributed by atoms with Crippen LogP contribution >= 0.6 is 0 Å². The number of non-ortho nitro benzene ring substituents is 1. The molecular weight excluding hydrogens is 781 g/mol. The second-order valence-electron chi connectivity index (χ2n) is 16.5. The molecule has 2 N–H and O–H groups in total. The van der Waals surface area contributed by atoms with E-state index < -0.39 is 98.3 Å². The zero-order valence-electron chi connectivity index (χ0n) is 35.2. The number of nitrogens with zero attached hydrogens (tertiary/aromatic N) is 3. The van der Waals surface area contributed by atoms with Gasteiger partial charge in [0.05, 0.1) is 33.7 Å². The molecular formula is C39H60N4O14S. The molecule has 13 atom stereocenters. The molecule has 326 valence electrons. The number of nitro groups is 1. The number of aliphatic hydroxyl groups excluding tert-OH is 1. The average molecular weight is 841 g/mol. The predicted octanol–water partition coefficient (Wildman–Crippen LogP) is 3.08. The summed E-state index contributed by atoms with van der Waals surface area (Å²) in [5, 5.41) is 22.5. The predicted molar refractivity (Wildman–Crippen MR) is 208 cm³/mol. The number of carbonyl (C=O) groups excluding carboxylic acids is 4. The van der Waals surface area contributed by atoms with E-state index in [9.17, 15) is 42.8 Å². The van der Waals surface area contributed by atoms with Gasteiger partial charge >= 0.3 is 12.1 Å². The van der Waals surface area contributed by atoms with Gasteiger partial charge in [-0.2, -0.15) is 0 Å². The molecule has 0 aromatic heterocycles. The third-order valence-electron chi connectivity index (χ3n) is 12.2. The number of sulfonamides is 1. The van der Waals surface area contributed by atoms with Crippen molar-refractivity contribution in [3.63, 3.8) is 0 Å². The van der Waals surface area contributed by atoms with Gasteiger partial charge in [0.1, 0.15) is 23.9 Å². The number of ketones is 2. The van der Waals surface area contributed by atoms with Crippen LogP contribution in [0, 0.1) is 33.8 Å². The lowest BCUT2D eigenvalue weighted by Gasteiger charge is -2.47. The Kier molecular flexibility index (Phi) is 14.9. The van der Waals surface area contributed by atoms with Gasteiger partial charge in [0, 0.05) is 56.1 Å². The lowest BCUT2D eigenvalue weighted by Crippen LogP contribution is -2.60. The van der Waals surface area contributed by atoms with Crippen molar-refractivity contribution in [2.45, 2.75) is 134 Å². The molecule has 1 aromatic carbocycles. The molecule has 19 heteroatoms. The molecule has 3 aliphatic rings. The summed E-state index contributed by atoms with van der Waals surface area (Å²) in [6, 6.07) is 2.87. The van der Waals surface area contributed by atoms with Gasteiger partial charge < -0.3 is 33.7 Å². The monoisotopic (exact) mass is 840 g/mol. The summed E-state index contributed by atoms with van der Waals surface area (Å²) in [5.74, 6) is -5.89. The van der Waals surface area contributed by atoms with E-state index in [2.05, 4.69) is 4.72 Å². The molecule has 0 aliphatic carbocycles. The highest BCUT2D eigenvalue weighted by molar-refractivity contribution is 7.89. The second kappa shape index (κ2) is 18.4. The van der Waals surface area contributed by atoms with E-state index in [0.29, 0.717) is 6.42 Å². The maximum absolute atomic E-state index is 14.6. The number of cyclic esters (lactones) is 1. The maximum Gasteiger partial charge on any atom is 0.410 e. The summed E-state index contributed by atoms with van der Waals surface area (Å²) in [5.41, 5.74) is -3.30. The van der Waals surface area contributed by atoms with E-state index in [-0.39, 0.29) is 54.4 Å². The van der Waals surface area contributed by atoms with Crippen LogP contribution in [0.25, 0.3) is 0 Å². The Morgan fingerprint density at radius 1 is 1.03 bits per heavy atom. The summed E-state index contributed by atoms with van der Waals surface area (Å²) in [4.78, 5) is 69.8. The molecule has 3 saturated heterocycles. The molecule has 0 bridgehead atoms. The zero-order valence-corrected chi connectivity index (χ0v) is 36.0. The van der Waals surface area contributed by atoms with E-state index in [1.165, 1.54) is 18.9 Å². The summed E-state index contributed by atoms with van der Waals surface area (Å²) < 4.78 is 59.4. The molecule has 0 radical (unpaired) electrons. The normalized spacial score (nSPS) is 36.9. The Hall–Kier alpha value is -3.59. The van der Waals surface area contributed by atoms with Gasteiger partial charge in [-0.25, -0.2) is 17.9 Å². The van der Waals surface area contributed by atoms with Crippen LogP contribution in [0.3, 0.4) is 0 Å². The minimum absolute atomic E-state index is 0.00768. The van der Waals surface area contributed by atoms with E-state index in [1.807, 2.05) is 25.9 Å². The van der Waals surface area contributed by atoms with Gasteiger partial charge in [0.25, 0.3) is 5.69 Å². The van der Waals surface area contributed by atoms with E-state index in [0.717, 1.165) is 24.3 Å². The highest BCUT2D eigenvalue weighted by atomic mass is 32.2. The molecule has 1 aromatic rings. The molecule has 1 amide bonds. The molecule has 0 spiro atoms. The summed E-state index contributed by atoms with van der Waals surface area (Å²) in [6.07, 6.45) is -5.11. The Morgan fingerprint density at radius 2 is 1.66 bits per heavy atom. The first-order valence-corrected chi connectivity index (χ1v) is 21.1. The Balaban J connectivity index is 1.72. The SMILES string of the molecule is CC[C@H]1OC(=O)[C@H](C)C(=O)[C@@H](C)[C@@H](O[C@@H]2O[C@H](C)C[C@H](N(C)C)[C@H]2O)[C@](C)(OC)C[C@@H](C)C(=O)[C@H](C)[C@@H]2N(CCNS(=O)(=O)c3ccc([N+](=O)[O-])cc3)C(=O)O[C@@]21C. The fraction of sp³-hybridized carbons (Fsp3) is 0.744. The first-order chi connectivity index (χ1) is 26.9. The third-order valence-corrected chi connectivity index (χ3v) is 13.6. The van der Waals surface area contributed by atoms with Gasteiger partial charge in [0.2, 0.25) is 10.0 Å². The van der Waals surface area contributed by atoms with Crippen LogP contribution in [0.2, 0.25) is 0 Å². The van der Waals surface area contributed by atoms with Gasteiger partial charge in [-0.05, 0) is 73.2 Å². The minimum Gasteiger partial charge on any atom is -0.458 e. The zero-order chi connectivity index (χ0) is 43.7. The number of hydrogen-bond donors (Lipinski definition) is 2. The van der Waals surface area contributed by atoms with Crippen LogP contribution < -0.4 is 4.72 Å². The van der Waals surface area contributed by atoms with Crippen molar-refractivity contribution in [2.24, 2.45) is 23.7 Å². The van der Waals surface area contributed by atoms with Crippen LogP contribution in [0.4, 0.5) is 10.5 Å². The van der Waals surface area contributed by atoms with Crippen molar-refractivity contribution in [1.29, 1.82) is 0 Å². The number of hydrogen-bond acceptors (Lipinski definition) is 15. The van der Waals surface area contributed by atoms with E-state index >= 15 is 0 Å². The number of aliphatic hydroxyl groups is 1. The van der Waals surface area contributed by atoms with Crippen molar-refractivity contribution >= 4 is 39.3 Å². The number of likely N-dealkylation sites (N-methyl/N-ethyl adjacent to an activating group) is 1.